The fourth-order valence-electron chi connectivity index (χ4n) is 4.17. The Morgan fingerprint density at radius 1 is 1.00 bits per heavy atom. The number of piperazine rings is 1. The zero-order chi connectivity index (χ0) is 18.6. The highest BCUT2D eigenvalue weighted by Gasteiger charge is 2.27. The van der Waals surface area contributed by atoms with Crippen molar-refractivity contribution in [2.24, 2.45) is 0 Å². The summed E-state index contributed by atoms with van der Waals surface area (Å²) >= 11 is 0. The fourth-order valence-corrected chi connectivity index (χ4v) is 4.17. The van der Waals surface area contributed by atoms with E-state index in [1.54, 1.807) is 7.11 Å². The van der Waals surface area contributed by atoms with Gasteiger partial charge in [0, 0.05) is 13.1 Å². The summed E-state index contributed by atoms with van der Waals surface area (Å²) in [7, 11) is 1.72. The number of ether oxygens (including phenoxy) is 1. The molecule has 0 aromatic heterocycles. The molecule has 0 bridgehead atoms. The van der Waals surface area contributed by atoms with Gasteiger partial charge in [-0.3, -0.25) is 4.79 Å². The number of benzene rings is 2. The minimum atomic E-state index is 0.283. The number of anilines is 1. The van der Waals surface area contributed by atoms with E-state index in [2.05, 4.69) is 41.3 Å². The summed E-state index contributed by atoms with van der Waals surface area (Å²) in [6.45, 7) is 6.06. The summed E-state index contributed by atoms with van der Waals surface area (Å²) in [5, 5.41) is 0. The summed E-state index contributed by atoms with van der Waals surface area (Å²) in [4.78, 5) is 18.6. The monoisotopic (exact) mass is 366 g/mol. The Kier molecular flexibility index (Phi) is 5.30. The first-order valence-corrected chi connectivity index (χ1v) is 9.80. The summed E-state index contributed by atoms with van der Waals surface area (Å²) in [6.07, 6.45) is 0.971. The molecule has 5 heteroatoms. The number of methoxy groups -OCH3 is 1. The molecule has 142 valence electrons. The highest BCUT2D eigenvalue weighted by atomic mass is 16.5. The number of nitrogens with one attached hydrogen (secondary N) is 1. The molecule has 0 atom stereocenters. The van der Waals surface area contributed by atoms with Crippen LogP contribution >= 0.6 is 0 Å². The lowest BCUT2D eigenvalue weighted by Crippen LogP contribution is -3.15. The summed E-state index contributed by atoms with van der Waals surface area (Å²) in [5.41, 5.74) is 3.84. The van der Waals surface area contributed by atoms with Crippen molar-refractivity contribution in [2.45, 2.75) is 13.0 Å². The second-order valence-corrected chi connectivity index (χ2v) is 7.42. The molecule has 1 N–H and O–H groups in total. The van der Waals surface area contributed by atoms with E-state index in [1.807, 2.05) is 17.0 Å². The molecule has 2 aromatic rings. The quantitative estimate of drug-likeness (QED) is 0.877. The first-order valence-electron chi connectivity index (χ1n) is 9.80. The van der Waals surface area contributed by atoms with Crippen LogP contribution in [0, 0.1) is 0 Å². The Balaban J connectivity index is 1.31. The van der Waals surface area contributed by atoms with E-state index < -0.39 is 0 Å². The molecule has 0 saturated carbocycles. The Morgan fingerprint density at radius 2 is 1.70 bits per heavy atom. The molecule has 1 saturated heterocycles. The van der Waals surface area contributed by atoms with Crippen LogP contribution in [0.3, 0.4) is 0 Å². The van der Waals surface area contributed by atoms with Gasteiger partial charge in [-0.15, -0.1) is 0 Å². The van der Waals surface area contributed by atoms with Gasteiger partial charge >= 0.3 is 0 Å². The van der Waals surface area contributed by atoms with E-state index >= 15 is 0 Å². The summed E-state index contributed by atoms with van der Waals surface area (Å²) in [6, 6.07) is 16.6. The number of rotatable bonds is 4. The number of carbonyl (C=O) groups excluding carboxylic acids is 1. The zero-order valence-corrected chi connectivity index (χ0v) is 16.0. The fraction of sp³-hybridized carbons (Fsp3) is 0.409. The summed E-state index contributed by atoms with van der Waals surface area (Å²) in [5.74, 6) is 1.20. The lowest BCUT2D eigenvalue weighted by Gasteiger charge is -2.35. The third-order valence-electron chi connectivity index (χ3n) is 5.78. The van der Waals surface area contributed by atoms with Crippen molar-refractivity contribution >= 4 is 11.6 Å². The number of quaternary nitrogens is 1. The highest BCUT2D eigenvalue weighted by Crippen LogP contribution is 2.27. The maximum Gasteiger partial charge on any atom is 0.278 e. The predicted octanol–water partition coefficient (Wildman–Crippen LogP) is 0.985. The molecule has 0 unspecified atom stereocenters. The maximum atomic E-state index is 12.8. The number of hydrogen-bond acceptors (Lipinski definition) is 3. The van der Waals surface area contributed by atoms with Gasteiger partial charge in [-0.1, -0.05) is 36.4 Å². The van der Waals surface area contributed by atoms with Crippen molar-refractivity contribution in [3.63, 3.8) is 0 Å². The van der Waals surface area contributed by atoms with Crippen LogP contribution < -0.4 is 14.5 Å². The van der Waals surface area contributed by atoms with E-state index in [9.17, 15) is 4.79 Å². The Hall–Kier alpha value is -2.53. The van der Waals surface area contributed by atoms with Crippen LogP contribution in [0.2, 0.25) is 0 Å². The van der Waals surface area contributed by atoms with E-state index in [-0.39, 0.29) is 5.91 Å². The molecule has 5 nitrogen and oxygen atoms in total. The number of fused-ring (bicyclic) bond motifs is 1. The van der Waals surface area contributed by atoms with Crippen LogP contribution in [0.4, 0.5) is 5.69 Å². The van der Waals surface area contributed by atoms with Crippen molar-refractivity contribution in [3.8, 4) is 5.75 Å². The van der Waals surface area contributed by atoms with E-state index in [0.29, 0.717) is 6.54 Å². The predicted molar refractivity (Wildman–Crippen MR) is 106 cm³/mol. The molecule has 2 aromatic carbocycles. The molecule has 1 fully saturated rings. The van der Waals surface area contributed by atoms with Crippen LogP contribution in [-0.2, 0) is 17.8 Å². The molecule has 27 heavy (non-hydrogen) atoms. The summed E-state index contributed by atoms with van der Waals surface area (Å²) < 4.78 is 5.49. The topological polar surface area (TPSA) is 37.2 Å². The molecule has 2 heterocycles. The van der Waals surface area contributed by atoms with E-state index in [4.69, 9.17) is 4.74 Å². The number of carbonyl (C=O) groups is 1. The Bertz CT molecular complexity index is 800. The van der Waals surface area contributed by atoms with Crippen molar-refractivity contribution in [2.75, 3.05) is 51.3 Å². The smallest absolute Gasteiger partial charge is 0.278 e. The van der Waals surface area contributed by atoms with E-state index in [1.165, 1.54) is 16.0 Å². The van der Waals surface area contributed by atoms with Gasteiger partial charge < -0.3 is 19.4 Å². The number of amides is 1. The largest absolute Gasteiger partial charge is 0.495 e. The average Bonchev–Trinajstić information content (AvgIpc) is 2.74. The lowest BCUT2D eigenvalue weighted by atomic mass is 10.00. The van der Waals surface area contributed by atoms with Crippen LogP contribution in [0.5, 0.6) is 5.75 Å². The standard InChI is InChI=1S/C22H27N3O2/c1-27-21-9-5-4-8-20(21)24-14-12-23(13-15-24)17-22(26)25-11-10-18-6-2-3-7-19(18)16-25/h2-9H,10-17H2,1H3/p+1. The first kappa shape index (κ1) is 17.9. The molecule has 0 aliphatic carbocycles. The minimum absolute atomic E-state index is 0.283. The van der Waals surface area contributed by atoms with Crippen LogP contribution in [0.25, 0.3) is 0 Å². The molecule has 2 aliphatic heterocycles. The number of hydrogen-bond donors (Lipinski definition) is 1. The van der Waals surface area contributed by atoms with Crippen molar-refractivity contribution < 1.29 is 14.4 Å². The minimum Gasteiger partial charge on any atom is -0.495 e. The molecule has 0 spiro atoms. The van der Waals surface area contributed by atoms with Crippen molar-refractivity contribution in [1.82, 2.24) is 4.90 Å². The third-order valence-corrected chi connectivity index (χ3v) is 5.78. The molecule has 1 amide bonds. The van der Waals surface area contributed by atoms with Crippen LogP contribution in [-0.4, -0.2) is 57.2 Å². The van der Waals surface area contributed by atoms with Gasteiger partial charge in [0.1, 0.15) is 5.75 Å². The van der Waals surface area contributed by atoms with Crippen molar-refractivity contribution in [1.29, 1.82) is 0 Å². The SMILES string of the molecule is COc1ccccc1N1CC[NH+](CC(=O)N2CCc3ccccc3C2)CC1. The molecule has 0 radical (unpaired) electrons. The lowest BCUT2D eigenvalue weighted by molar-refractivity contribution is -0.892. The average molecular weight is 366 g/mol. The molecular weight excluding hydrogens is 338 g/mol. The van der Waals surface area contributed by atoms with Crippen molar-refractivity contribution in [3.05, 3.63) is 59.7 Å². The second-order valence-electron chi connectivity index (χ2n) is 7.42. The second kappa shape index (κ2) is 8.01. The van der Waals surface area contributed by atoms with Gasteiger partial charge in [0.05, 0.1) is 39.0 Å². The van der Waals surface area contributed by atoms with Gasteiger partial charge in [-0.25, -0.2) is 0 Å². The zero-order valence-electron chi connectivity index (χ0n) is 16.0. The number of para-hydroxylation sites is 2. The van der Waals surface area contributed by atoms with Crippen LogP contribution in [0.1, 0.15) is 11.1 Å². The Labute approximate surface area is 161 Å². The highest BCUT2D eigenvalue weighted by molar-refractivity contribution is 5.77. The third kappa shape index (κ3) is 3.93. The molecule has 4 rings (SSSR count). The molecular formula is C22H28N3O2+. The van der Waals surface area contributed by atoms with Crippen LogP contribution in [0.15, 0.2) is 48.5 Å². The normalized spacial score (nSPS) is 17.5. The van der Waals surface area contributed by atoms with E-state index in [0.717, 1.165) is 57.1 Å². The maximum absolute atomic E-state index is 12.8. The Morgan fingerprint density at radius 3 is 2.48 bits per heavy atom. The van der Waals surface area contributed by atoms with Gasteiger partial charge in [0.2, 0.25) is 0 Å². The molecule has 2 aliphatic rings. The van der Waals surface area contributed by atoms with Gasteiger partial charge in [-0.2, -0.15) is 0 Å². The first-order chi connectivity index (χ1) is 13.2. The van der Waals surface area contributed by atoms with Gasteiger partial charge in [0.15, 0.2) is 6.54 Å². The van der Waals surface area contributed by atoms with Gasteiger partial charge in [0.25, 0.3) is 5.91 Å². The van der Waals surface area contributed by atoms with Gasteiger partial charge in [-0.05, 0) is 29.7 Å². The number of nitrogens with zero attached hydrogens (tertiary/aromatic N) is 2.